The Morgan fingerprint density at radius 2 is 0.569 bits per heavy atom. The second-order valence-electron chi connectivity index (χ2n) is 18.8. The van der Waals surface area contributed by atoms with Crippen molar-refractivity contribution in [3.8, 4) is 0 Å². The molecule has 1 atom stereocenters. The Hall–Kier alpha value is -2.63. The van der Waals surface area contributed by atoms with E-state index < -0.39 is 6.10 Å². The predicted octanol–water partition coefficient (Wildman–Crippen LogP) is 18.7. The van der Waals surface area contributed by atoms with Crippen molar-refractivity contribution >= 4 is 17.9 Å². The van der Waals surface area contributed by atoms with Crippen molar-refractivity contribution in [3.63, 3.8) is 0 Å². The van der Waals surface area contributed by atoms with Gasteiger partial charge in [-0.3, -0.25) is 14.4 Å². The van der Waals surface area contributed by atoms with Crippen LogP contribution in [-0.2, 0) is 28.6 Å². The molecule has 378 valence electrons. The molecule has 0 aromatic carbocycles. The Bertz CT molecular complexity index is 1140. The van der Waals surface area contributed by atoms with E-state index in [0.29, 0.717) is 19.3 Å². The number of hydrogen-bond donors (Lipinski definition) is 0. The second kappa shape index (κ2) is 54.0. The largest absolute Gasteiger partial charge is 0.462 e. The summed E-state index contributed by atoms with van der Waals surface area (Å²) in [4.78, 5) is 38.0. The van der Waals surface area contributed by atoms with Gasteiger partial charge in [-0.2, -0.15) is 0 Å². The van der Waals surface area contributed by atoms with E-state index in [4.69, 9.17) is 14.2 Å². The van der Waals surface area contributed by atoms with Gasteiger partial charge in [-0.25, -0.2) is 0 Å². The first kappa shape index (κ1) is 62.4. The Morgan fingerprint density at radius 3 is 0.923 bits per heavy atom. The van der Waals surface area contributed by atoms with Gasteiger partial charge >= 0.3 is 17.9 Å². The van der Waals surface area contributed by atoms with Crippen LogP contribution in [0.4, 0.5) is 0 Å². The monoisotopic (exact) mass is 911 g/mol. The summed E-state index contributed by atoms with van der Waals surface area (Å²) in [5.41, 5.74) is 0. The molecule has 0 saturated heterocycles. The molecule has 0 aliphatic heterocycles. The van der Waals surface area contributed by atoms with Crippen LogP contribution in [0.3, 0.4) is 0 Å². The van der Waals surface area contributed by atoms with Crippen molar-refractivity contribution < 1.29 is 28.6 Å². The van der Waals surface area contributed by atoms with E-state index in [-0.39, 0.29) is 31.1 Å². The molecule has 6 nitrogen and oxygen atoms in total. The highest BCUT2D eigenvalue weighted by atomic mass is 16.6. The van der Waals surface area contributed by atoms with Gasteiger partial charge < -0.3 is 14.2 Å². The van der Waals surface area contributed by atoms with Gasteiger partial charge in [-0.1, -0.05) is 223 Å². The molecule has 0 radical (unpaired) electrons. The number of esters is 3. The summed E-state index contributed by atoms with van der Waals surface area (Å²) in [5, 5.41) is 0. The van der Waals surface area contributed by atoms with Gasteiger partial charge in [-0.15, -0.1) is 0 Å². The van der Waals surface area contributed by atoms with Crippen molar-refractivity contribution in [2.45, 2.75) is 297 Å². The number of hydrogen-bond acceptors (Lipinski definition) is 6. The number of rotatable bonds is 51. The first-order chi connectivity index (χ1) is 32.0. The third-order valence-electron chi connectivity index (χ3n) is 12.3. The molecule has 0 bridgehead atoms. The topological polar surface area (TPSA) is 78.9 Å². The van der Waals surface area contributed by atoms with Crippen LogP contribution >= 0.6 is 0 Å². The predicted molar refractivity (Wildman–Crippen MR) is 279 cm³/mol. The summed E-state index contributed by atoms with van der Waals surface area (Å²) < 4.78 is 16.8. The zero-order valence-corrected chi connectivity index (χ0v) is 43.3. The van der Waals surface area contributed by atoms with Crippen LogP contribution in [0.25, 0.3) is 0 Å². The lowest BCUT2D eigenvalue weighted by atomic mass is 10.0. The van der Waals surface area contributed by atoms with Gasteiger partial charge in [-0.05, 0) is 96.3 Å². The van der Waals surface area contributed by atoms with Crippen LogP contribution in [0.2, 0.25) is 0 Å². The van der Waals surface area contributed by atoms with E-state index in [1.54, 1.807) is 0 Å². The minimum Gasteiger partial charge on any atom is -0.462 e. The van der Waals surface area contributed by atoms with Crippen molar-refractivity contribution in [3.05, 3.63) is 48.6 Å². The molecule has 0 fully saturated rings. The van der Waals surface area contributed by atoms with Crippen LogP contribution in [0.5, 0.6) is 0 Å². The number of unbranched alkanes of at least 4 members (excludes halogenated alkanes) is 32. The highest BCUT2D eigenvalue weighted by Gasteiger charge is 2.19. The molecule has 0 aliphatic rings. The molecule has 65 heavy (non-hydrogen) atoms. The third kappa shape index (κ3) is 52.2. The Balaban J connectivity index is 4.25. The quantitative estimate of drug-likeness (QED) is 0.0262. The van der Waals surface area contributed by atoms with E-state index in [9.17, 15) is 14.4 Å². The van der Waals surface area contributed by atoms with Gasteiger partial charge in [0.05, 0.1) is 0 Å². The average Bonchev–Trinajstić information content (AvgIpc) is 3.30. The highest BCUT2D eigenvalue weighted by molar-refractivity contribution is 5.71. The first-order valence-corrected chi connectivity index (χ1v) is 28.1. The summed E-state index contributed by atoms with van der Waals surface area (Å²) in [7, 11) is 0. The number of carbonyl (C=O) groups is 3. The van der Waals surface area contributed by atoms with E-state index in [1.807, 2.05) is 0 Å². The molecule has 0 amide bonds. The molecular formula is C59H106O6. The van der Waals surface area contributed by atoms with E-state index in [2.05, 4.69) is 69.4 Å². The van der Waals surface area contributed by atoms with Crippen LogP contribution < -0.4 is 0 Å². The number of ether oxygens (including phenoxy) is 3. The molecular weight excluding hydrogens is 805 g/mol. The average molecular weight is 911 g/mol. The standard InChI is InChI=1S/C59H106O6/c1-4-7-10-13-16-19-22-24-25-26-27-28-29-30-31-32-33-35-37-40-43-46-49-52-58(61)64-55-56(54-63-57(60)51-48-45-42-39-36-21-18-15-12-9-6-3)65-59(62)53-50-47-44-41-38-34-23-20-17-14-11-8-5-2/h15,18,20,22-24,26-27,56H,4-14,16-17,19,21,25,28-55H2,1-3H3/b18-15-,23-20-,24-22-,27-26-. The van der Waals surface area contributed by atoms with Crippen molar-refractivity contribution in [2.24, 2.45) is 0 Å². The highest BCUT2D eigenvalue weighted by Crippen LogP contribution is 2.15. The Kier molecular flexibility index (Phi) is 51.8. The van der Waals surface area contributed by atoms with Gasteiger partial charge in [0.25, 0.3) is 0 Å². The third-order valence-corrected chi connectivity index (χ3v) is 12.3. The van der Waals surface area contributed by atoms with Gasteiger partial charge in [0.1, 0.15) is 13.2 Å². The van der Waals surface area contributed by atoms with E-state index in [0.717, 1.165) is 83.5 Å². The Morgan fingerprint density at radius 1 is 0.308 bits per heavy atom. The maximum absolute atomic E-state index is 12.8. The molecule has 0 N–H and O–H groups in total. The maximum Gasteiger partial charge on any atom is 0.306 e. The van der Waals surface area contributed by atoms with Gasteiger partial charge in [0, 0.05) is 19.3 Å². The molecule has 0 aliphatic carbocycles. The van der Waals surface area contributed by atoms with Crippen molar-refractivity contribution in [1.82, 2.24) is 0 Å². The molecule has 0 rings (SSSR count). The molecule has 1 unspecified atom stereocenters. The van der Waals surface area contributed by atoms with Crippen molar-refractivity contribution in [2.75, 3.05) is 13.2 Å². The SMILES string of the molecule is CCCC/C=C\CCCCCCCC(=O)OCC(COC(=O)CCCCCCCCCCCCC/C=C\C/C=C\CCCCCCC)OC(=O)CCCCCCC/C=C\CCCCCC. The summed E-state index contributed by atoms with van der Waals surface area (Å²) in [6.07, 6.45) is 65.3. The first-order valence-electron chi connectivity index (χ1n) is 28.1. The van der Waals surface area contributed by atoms with Gasteiger partial charge in [0.15, 0.2) is 6.10 Å². The van der Waals surface area contributed by atoms with E-state index in [1.165, 1.54) is 167 Å². The normalized spacial score (nSPS) is 12.4. The minimum atomic E-state index is -0.779. The molecule has 0 aromatic rings. The minimum absolute atomic E-state index is 0.0788. The fourth-order valence-electron chi connectivity index (χ4n) is 7.98. The van der Waals surface area contributed by atoms with Crippen LogP contribution in [-0.4, -0.2) is 37.2 Å². The zero-order valence-electron chi connectivity index (χ0n) is 43.3. The summed E-state index contributed by atoms with van der Waals surface area (Å²) in [6.45, 7) is 6.58. The lowest BCUT2D eigenvalue weighted by molar-refractivity contribution is -0.167. The maximum atomic E-state index is 12.8. The summed E-state index contributed by atoms with van der Waals surface area (Å²) in [5.74, 6) is -0.891. The lowest BCUT2D eigenvalue weighted by Gasteiger charge is -2.18. The van der Waals surface area contributed by atoms with Crippen LogP contribution in [0, 0.1) is 0 Å². The second-order valence-corrected chi connectivity index (χ2v) is 18.8. The molecule has 0 aromatic heterocycles. The molecule has 0 spiro atoms. The number of carbonyl (C=O) groups excluding carboxylic acids is 3. The molecule has 0 saturated carbocycles. The summed E-state index contributed by atoms with van der Waals surface area (Å²) >= 11 is 0. The molecule has 6 heteroatoms. The fourth-order valence-corrected chi connectivity index (χ4v) is 7.98. The lowest BCUT2D eigenvalue weighted by Crippen LogP contribution is -2.30. The number of allylic oxidation sites excluding steroid dienone is 8. The summed E-state index contributed by atoms with van der Waals surface area (Å²) in [6, 6.07) is 0. The van der Waals surface area contributed by atoms with Gasteiger partial charge in [0.2, 0.25) is 0 Å². The van der Waals surface area contributed by atoms with Crippen LogP contribution in [0.15, 0.2) is 48.6 Å². The van der Waals surface area contributed by atoms with Crippen molar-refractivity contribution in [1.29, 1.82) is 0 Å². The fraction of sp³-hybridized carbons (Fsp3) is 0.814. The molecule has 0 heterocycles. The Labute approximate surface area is 403 Å². The van der Waals surface area contributed by atoms with E-state index >= 15 is 0 Å². The van der Waals surface area contributed by atoms with Crippen LogP contribution in [0.1, 0.15) is 290 Å². The zero-order chi connectivity index (χ0) is 47.2. The smallest absolute Gasteiger partial charge is 0.306 e.